The predicted molar refractivity (Wildman–Crippen MR) is 103 cm³/mol. The lowest BCUT2D eigenvalue weighted by Crippen LogP contribution is -2.32. The van der Waals surface area contributed by atoms with Gasteiger partial charge in [-0.2, -0.15) is 0 Å². The van der Waals surface area contributed by atoms with Crippen LogP contribution in [-0.2, 0) is 11.2 Å². The topological polar surface area (TPSA) is 38.3 Å². The number of nitrogens with one attached hydrogen (secondary N) is 1. The average Bonchev–Trinajstić information content (AvgIpc) is 2.66. The first kappa shape index (κ1) is 17.0. The molecule has 3 aromatic carbocycles. The number of carbonyl (C=O) groups is 1. The number of fused-ring (bicyclic) bond motifs is 1. The van der Waals surface area contributed by atoms with E-state index in [1.807, 2.05) is 73.7 Å². The Morgan fingerprint density at radius 3 is 2.40 bits per heavy atom. The van der Waals surface area contributed by atoms with Gasteiger partial charge in [0.05, 0.1) is 0 Å². The van der Waals surface area contributed by atoms with Crippen LogP contribution in [-0.4, -0.2) is 12.0 Å². The molecule has 128 valence electrons. The third-order valence-corrected chi connectivity index (χ3v) is 4.32. The summed E-state index contributed by atoms with van der Waals surface area (Å²) in [5.74, 6) is 0.593. The van der Waals surface area contributed by atoms with E-state index in [1.165, 1.54) is 5.56 Å². The molecular formula is C22H23NO2. The van der Waals surface area contributed by atoms with Crippen molar-refractivity contribution in [2.75, 3.05) is 5.32 Å². The molecule has 0 aliphatic rings. The largest absolute Gasteiger partial charge is 0.481 e. The van der Waals surface area contributed by atoms with Crippen molar-refractivity contribution in [2.45, 2.75) is 32.8 Å². The van der Waals surface area contributed by atoms with E-state index in [0.29, 0.717) is 6.42 Å². The number of hydrogen-bond donors (Lipinski definition) is 1. The summed E-state index contributed by atoms with van der Waals surface area (Å²) in [5.41, 5.74) is 2.06. The molecule has 3 nitrogen and oxygen atoms in total. The highest BCUT2D eigenvalue weighted by atomic mass is 16.5. The van der Waals surface area contributed by atoms with E-state index in [0.717, 1.165) is 28.6 Å². The molecule has 0 unspecified atom stereocenters. The second-order valence-corrected chi connectivity index (χ2v) is 6.03. The first-order valence-electron chi connectivity index (χ1n) is 8.75. The summed E-state index contributed by atoms with van der Waals surface area (Å²) in [4.78, 5) is 12.7. The van der Waals surface area contributed by atoms with Gasteiger partial charge in [-0.15, -0.1) is 0 Å². The van der Waals surface area contributed by atoms with E-state index < -0.39 is 6.10 Å². The minimum Gasteiger partial charge on any atom is -0.481 e. The highest BCUT2D eigenvalue weighted by Gasteiger charge is 2.19. The van der Waals surface area contributed by atoms with E-state index in [2.05, 4.69) is 12.2 Å². The summed E-state index contributed by atoms with van der Waals surface area (Å²) in [6.07, 6.45) is 1.07. The molecular weight excluding hydrogens is 310 g/mol. The van der Waals surface area contributed by atoms with Crippen molar-refractivity contribution in [1.29, 1.82) is 0 Å². The molecule has 0 aromatic heterocycles. The summed E-state index contributed by atoms with van der Waals surface area (Å²) < 4.78 is 5.90. The molecule has 0 fully saturated rings. The van der Waals surface area contributed by atoms with Crippen LogP contribution in [0.5, 0.6) is 5.75 Å². The first-order valence-corrected chi connectivity index (χ1v) is 8.75. The number of ether oxygens (including phenoxy) is 1. The quantitative estimate of drug-likeness (QED) is 0.673. The molecule has 1 N–H and O–H groups in total. The maximum Gasteiger partial charge on any atom is 0.265 e. The molecule has 1 amide bonds. The van der Waals surface area contributed by atoms with Gasteiger partial charge in [-0.05, 0) is 42.0 Å². The number of benzene rings is 3. The highest BCUT2D eigenvalue weighted by molar-refractivity contribution is 6.03. The molecule has 3 rings (SSSR count). The van der Waals surface area contributed by atoms with Crippen LogP contribution in [0, 0.1) is 0 Å². The zero-order valence-electron chi connectivity index (χ0n) is 14.7. The van der Waals surface area contributed by atoms with Gasteiger partial charge in [-0.3, -0.25) is 4.79 Å². The summed E-state index contributed by atoms with van der Waals surface area (Å²) in [7, 11) is 0. The Balaban J connectivity index is 1.75. The van der Waals surface area contributed by atoms with E-state index in [9.17, 15) is 4.79 Å². The smallest absolute Gasteiger partial charge is 0.265 e. The number of rotatable bonds is 6. The molecule has 3 heteroatoms. The molecule has 0 saturated heterocycles. The molecule has 3 aromatic rings. The van der Waals surface area contributed by atoms with Gasteiger partial charge >= 0.3 is 0 Å². The van der Waals surface area contributed by atoms with Crippen LogP contribution in [0.2, 0.25) is 0 Å². The van der Waals surface area contributed by atoms with Crippen LogP contribution in [0.25, 0.3) is 10.8 Å². The highest BCUT2D eigenvalue weighted by Crippen LogP contribution is 2.24. The lowest BCUT2D eigenvalue weighted by atomic mass is 10.1. The molecule has 0 spiro atoms. The fourth-order valence-corrected chi connectivity index (χ4v) is 2.84. The van der Waals surface area contributed by atoms with Crippen LogP contribution in [0.3, 0.4) is 0 Å². The summed E-state index contributed by atoms with van der Waals surface area (Å²) in [5, 5.41) is 5.14. The van der Waals surface area contributed by atoms with Gasteiger partial charge in [0.2, 0.25) is 0 Å². The van der Waals surface area contributed by atoms with Crippen LogP contribution in [0.15, 0.2) is 66.7 Å². The Morgan fingerprint density at radius 2 is 1.68 bits per heavy atom. The fourth-order valence-electron chi connectivity index (χ4n) is 2.84. The maximum atomic E-state index is 12.7. The monoisotopic (exact) mass is 333 g/mol. The van der Waals surface area contributed by atoms with Crippen molar-refractivity contribution in [2.24, 2.45) is 0 Å². The van der Waals surface area contributed by atoms with Crippen molar-refractivity contribution >= 4 is 22.4 Å². The van der Waals surface area contributed by atoms with E-state index in [4.69, 9.17) is 4.74 Å². The SMILES string of the molecule is CCc1ccc(O[C@@H](CC)C(=O)Nc2cccc3ccccc23)cc1. The third kappa shape index (κ3) is 4.00. The Bertz CT molecular complexity index is 850. The number of aryl methyl sites for hydroxylation is 1. The third-order valence-electron chi connectivity index (χ3n) is 4.32. The second kappa shape index (κ2) is 7.84. The molecule has 0 saturated carbocycles. The van der Waals surface area contributed by atoms with Crippen molar-refractivity contribution in [1.82, 2.24) is 0 Å². The Morgan fingerprint density at radius 1 is 0.960 bits per heavy atom. The summed E-state index contributed by atoms with van der Waals surface area (Å²) >= 11 is 0. The first-order chi connectivity index (χ1) is 12.2. The van der Waals surface area contributed by atoms with Gasteiger partial charge in [0, 0.05) is 11.1 Å². The van der Waals surface area contributed by atoms with Crippen molar-refractivity contribution in [3.05, 3.63) is 72.3 Å². The van der Waals surface area contributed by atoms with Crippen molar-refractivity contribution in [3.8, 4) is 5.75 Å². The van der Waals surface area contributed by atoms with Gasteiger partial charge in [0.1, 0.15) is 5.75 Å². The van der Waals surface area contributed by atoms with Gasteiger partial charge in [0.25, 0.3) is 5.91 Å². The summed E-state index contributed by atoms with van der Waals surface area (Å²) in [6.45, 7) is 4.07. The van der Waals surface area contributed by atoms with Crippen LogP contribution >= 0.6 is 0 Å². The van der Waals surface area contributed by atoms with Crippen molar-refractivity contribution < 1.29 is 9.53 Å². The lowest BCUT2D eigenvalue weighted by molar-refractivity contribution is -0.122. The summed E-state index contributed by atoms with van der Waals surface area (Å²) in [6, 6.07) is 21.8. The Kier molecular flexibility index (Phi) is 5.34. The minimum atomic E-state index is -0.522. The van der Waals surface area contributed by atoms with Crippen molar-refractivity contribution in [3.63, 3.8) is 0 Å². The normalized spacial score (nSPS) is 11.9. The molecule has 25 heavy (non-hydrogen) atoms. The molecule has 1 atom stereocenters. The molecule has 0 heterocycles. The average molecular weight is 333 g/mol. The Labute approximate surface area is 148 Å². The lowest BCUT2D eigenvalue weighted by Gasteiger charge is -2.18. The molecule has 0 aliphatic carbocycles. The second-order valence-electron chi connectivity index (χ2n) is 6.03. The van der Waals surface area contributed by atoms with Gasteiger partial charge in [0.15, 0.2) is 6.10 Å². The van der Waals surface area contributed by atoms with E-state index in [1.54, 1.807) is 0 Å². The number of hydrogen-bond acceptors (Lipinski definition) is 2. The number of carbonyl (C=O) groups excluding carboxylic acids is 1. The van der Waals surface area contributed by atoms with Crippen LogP contribution in [0.4, 0.5) is 5.69 Å². The van der Waals surface area contributed by atoms with E-state index >= 15 is 0 Å². The van der Waals surface area contributed by atoms with Crippen LogP contribution in [0.1, 0.15) is 25.8 Å². The van der Waals surface area contributed by atoms with Gasteiger partial charge in [-0.1, -0.05) is 62.4 Å². The predicted octanol–water partition coefficient (Wildman–Crippen LogP) is 5.20. The molecule has 0 bridgehead atoms. The molecule has 0 aliphatic heterocycles. The van der Waals surface area contributed by atoms with Gasteiger partial charge in [-0.25, -0.2) is 0 Å². The minimum absolute atomic E-state index is 0.126. The molecule has 0 radical (unpaired) electrons. The zero-order valence-corrected chi connectivity index (χ0v) is 14.7. The van der Waals surface area contributed by atoms with Crippen LogP contribution < -0.4 is 10.1 Å². The zero-order chi connectivity index (χ0) is 17.6. The fraction of sp³-hybridized carbons (Fsp3) is 0.227. The standard InChI is InChI=1S/C22H23NO2/c1-3-16-12-14-18(15-13-16)25-21(4-2)22(24)23-20-11-7-9-17-8-5-6-10-19(17)20/h5-15,21H,3-4H2,1-2H3,(H,23,24)/t21-/m0/s1. The number of anilines is 1. The van der Waals surface area contributed by atoms with Gasteiger partial charge < -0.3 is 10.1 Å². The van der Waals surface area contributed by atoms with E-state index in [-0.39, 0.29) is 5.91 Å². The maximum absolute atomic E-state index is 12.7. The Hall–Kier alpha value is -2.81. The number of amides is 1.